The van der Waals surface area contributed by atoms with Gasteiger partial charge in [-0.2, -0.15) is 5.10 Å². The Morgan fingerprint density at radius 1 is 1.35 bits per heavy atom. The number of hydrogen-bond donors (Lipinski definition) is 2. The minimum atomic E-state index is -0.443. The number of hydrogen-bond acceptors (Lipinski definition) is 4. The summed E-state index contributed by atoms with van der Waals surface area (Å²) >= 11 is 6.85. The van der Waals surface area contributed by atoms with E-state index in [2.05, 4.69) is 15.5 Å². The molecule has 3 aromatic rings. The molecule has 23 heavy (non-hydrogen) atoms. The first kappa shape index (κ1) is 15.6. The minimum Gasteiger partial charge on any atom is -0.350 e. The van der Waals surface area contributed by atoms with Gasteiger partial charge < -0.3 is 5.32 Å². The van der Waals surface area contributed by atoms with Crippen molar-refractivity contribution in [2.24, 2.45) is 0 Å². The second kappa shape index (κ2) is 6.89. The van der Waals surface area contributed by atoms with Crippen molar-refractivity contribution < 1.29 is 4.79 Å². The second-order valence-corrected chi connectivity index (χ2v) is 6.41. The normalized spacial score (nSPS) is 12.0. The molecule has 0 fully saturated rings. The quantitative estimate of drug-likeness (QED) is 0.696. The van der Waals surface area contributed by atoms with Gasteiger partial charge in [-0.15, -0.1) is 11.3 Å². The van der Waals surface area contributed by atoms with Crippen LogP contribution in [0.4, 0.5) is 0 Å². The first-order valence-electron chi connectivity index (χ1n) is 7.19. The highest BCUT2D eigenvalue weighted by Crippen LogP contribution is 2.25. The highest BCUT2D eigenvalue weighted by molar-refractivity contribution is 7.71. The molecular formula is C16H16N4OS2. The molecule has 0 aliphatic heterocycles. The van der Waals surface area contributed by atoms with Crippen molar-refractivity contribution in [3.05, 3.63) is 58.2 Å². The third kappa shape index (κ3) is 3.40. The summed E-state index contributed by atoms with van der Waals surface area (Å²) in [6, 6.07) is 13.3. The van der Waals surface area contributed by atoms with Crippen LogP contribution in [0.2, 0.25) is 0 Å². The molecule has 0 unspecified atom stereocenters. The number of carbonyl (C=O) groups is 1. The molecule has 0 bridgehead atoms. The lowest BCUT2D eigenvalue weighted by Crippen LogP contribution is -2.31. The number of rotatable bonds is 5. The molecule has 2 aromatic heterocycles. The Balaban J connectivity index is 1.78. The monoisotopic (exact) mass is 344 g/mol. The van der Waals surface area contributed by atoms with Crippen molar-refractivity contribution in [3.63, 3.8) is 0 Å². The van der Waals surface area contributed by atoms with Crippen molar-refractivity contribution in [2.45, 2.75) is 19.5 Å². The van der Waals surface area contributed by atoms with E-state index in [1.54, 1.807) is 15.9 Å². The van der Waals surface area contributed by atoms with Crippen LogP contribution >= 0.6 is 23.6 Å². The first-order chi connectivity index (χ1) is 11.2. The Bertz CT molecular complexity index is 837. The van der Waals surface area contributed by atoms with Crippen LogP contribution in [0.3, 0.4) is 0 Å². The molecule has 2 heterocycles. The number of carbonyl (C=O) groups excluding carboxylic acids is 1. The standard InChI is InChI=1S/C16H16N4OS2/c1-11(15(21)17-10-12-6-3-2-4-7-12)20-14(18-19-16(20)22)13-8-5-9-23-13/h2-9,11H,10H2,1H3,(H,17,21)(H,19,22)/t11-/m0/s1. The number of H-pyrrole nitrogens is 1. The summed E-state index contributed by atoms with van der Waals surface area (Å²) < 4.78 is 2.19. The Morgan fingerprint density at radius 3 is 2.83 bits per heavy atom. The maximum Gasteiger partial charge on any atom is 0.243 e. The zero-order chi connectivity index (χ0) is 16.2. The predicted molar refractivity (Wildman–Crippen MR) is 93.7 cm³/mol. The molecule has 2 N–H and O–H groups in total. The van der Waals surface area contributed by atoms with Crippen LogP contribution in [0.25, 0.3) is 10.7 Å². The van der Waals surface area contributed by atoms with Gasteiger partial charge in [-0.25, -0.2) is 0 Å². The topological polar surface area (TPSA) is 62.7 Å². The Hall–Kier alpha value is -2.25. The lowest BCUT2D eigenvalue weighted by Gasteiger charge is -2.15. The van der Waals surface area contributed by atoms with Crippen molar-refractivity contribution in [2.75, 3.05) is 0 Å². The number of thiophene rings is 1. The van der Waals surface area contributed by atoms with Crippen molar-refractivity contribution in [3.8, 4) is 10.7 Å². The van der Waals surface area contributed by atoms with Gasteiger partial charge in [-0.05, 0) is 36.2 Å². The van der Waals surface area contributed by atoms with E-state index in [1.165, 1.54) is 0 Å². The molecule has 1 aromatic carbocycles. The van der Waals surface area contributed by atoms with Gasteiger partial charge in [0.2, 0.25) is 5.91 Å². The molecule has 0 saturated heterocycles. The van der Waals surface area contributed by atoms with Gasteiger partial charge in [0.25, 0.3) is 0 Å². The number of nitrogens with zero attached hydrogens (tertiary/aromatic N) is 2. The second-order valence-electron chi connectivity index (χ2n) is 5.08. The first-order valence-corrected chi connectivity index (χ1v) is 8.48. The van der Waals surface area contributed by atoms with Gasteiger partial charge in [0.15, 0.2) is 10.6 Å². The number of aromatic nitrogens is 3. The average Bonchev–Trinajstić information content (AvgIpc) is 3.22. The van der Waals surface area contributed by atoms with Crippen molar-refractivity contribution in [1.29, 1.82) is 0 Å². The van der Waals surface area contributed by atoms with Gasteiger partial charge in [0, 0.05) is 6.54 Å². The van der Waals surface area contributed by atoms with Crippen LogP contribution in [0.5, 0.6) is 0 Å². The molecule has 0 radical (unpaired) electrons. The molecule has 0 saturated carbocycles. The molecule has 5 nitrogen and oxygen atoms in total. The van der Waals surface area contributed by atoms with E-state index in [9.17, 15) is 4.79 Å². The fourth-order valence-electron chi connectivity index (χ4n) is 2.29. The lowest BCUT2D eigenvalue weighted by molar-refractivity contribution is -0.124. The van der Waals surface area contributed by atoms with Crippen LogP contribution in [0.1, 0.15) is 18.5 Å². The molecule has 1 atom stereocenters. The molecule has 3 rings (SSSR count). The van der Waals surface area contributed by atoms with E-state index >= 15 is 0 Å². The number of amides is 1. The van der Waals surface area contributed by atoms with Crippen LogP contribution in [0.15, 0.2) is 47.8 Å². The van der Waals surface area contributed by atoms with Crippen molar-refractivity contribution in [1.82, 2.24) is 20.1 Å². The molecule has 118 valence electrons. The van der Waals surface area contributed by atoms with Gasteiger partial charge >= 0.3 is 0 Å². The highest BCUT2D eigenvalue weighted by Gasteiger charge is 2.21. The Kier molecular flexibility index (Phi) is 4.68. The predicted octanol–water partition coefficient (Wildman–Crippen LogP) is 3.55. The summed E-state index contributed by atoms with van der Waals surface area (Å²) in [4.78, 5) is 13.4. The average molecular weight is 344 g/mol. The van der Waals surface area contributed by atoms with Gasteiger partial charge in [0.1, 0.15) is 6.04 Å². The number of benzene rings is 1. The summed E-state index contributed by atoms with van der Waals surface area (Å²) in [5.41, 5.74) is 1.06. The van der Waals surface area contributed by atoms with Crippen molar-refractivity contribution >= 4 is 29.5 Å². The summed E-state index contributed by atoms with van der Waals surface area (Å²) in [5, 5.41) is 11.9. The summed E-state index contributed by atoms with van der Waals surface area (Å²) in [5.74, 6) is 0.594. The van der Waals surface area contributed by atoms with Crippen LogP contribution < -0.4 is 5.32 Å². The van der Waals surface area contributed by atoms with Crippen LogP contribution in [-0.4, -0.2) is 20.7 Å². The summed E-state index contributed by atoms with van der Waals surface area (Å²) in [6.07, 6.45) is 0. The number of nitrogens with one attached hydrogen (secondary N) is 2. The summed E-state index contributed by atoms with van der Waals surface area (Å²) in [6.45, 7) is 2.31. The number of aromatic amines is 1. The SMILES string of the molecule is C[C@@H](C(=O)NCc1ccccc1)n1c(-c2cccs2)n[nH]c1=S. The van der Waals surface area contributed by atoms with Gasteiger partial charge in [-0.1, -0.05) is 36.4 Å². The van der Waals surface area contributed by atoms with E-state index in [1.807, 2.05) is 54.8 Å². The molecular weight excluding hydrogens is 328 g/mol. The smallest absolute Gasteiger partial charge is 0.243 e. The van der Waals surface area contributed by atoms with Crippen LogP contribution in [-0.2, 0) is 11.3 Å². The van der Waals surface area contributed by atoms with E-state index in [4.69, 9.17) is 12.2 Å². The Morgan fingerprint density at radius 2 is 2.13 bits per heavy atom. The minimum absolute atomic E-state index is 0.0934. The zero-order valence-corrected chi connectivity index (χ0v) is 14.2. The Labute approximate surface area is 143 Å². The molecule has 0 aliphatic carbocycles. The lowest BCUT2D eigenvalue weighted by atomic mass is 10.2. The molecule has 7 heteroatoms. The molecule has 1 amide bonds. The molecule has 0 aliphatic rings. The third-order valence-corrected chi connectivity index (χ3v) is 4.68. The molecule has 0 spiro atoms. The maximum absolute atomic E-state index is 12.5. The van der Waals surface area contributed by atoms with E-state index in [0.717, 1.165) is 10.4 Å². The van der Waals surface area contributed by atoms with Gasteiger partial charge in [0.05, 0.1) is 4.88 Å². The fourth-order valence-corrected chi connectivity index (χ4v) is 3.29. The zero-order valence-electron chi connectivity index (χ0n) is 12.5. The largest absolute Gasteiger partial charge is 0.350 e. The van der Waals surface area contributed by atoms with E-state index < -0.39 is 6.04 Å². The van der Waals surface area contributed by atoms with E-state index in [0.29, 0.717) is 17.1 Å². The van der Waals surface area contributed by atoms with E-state index in [-0.39, 0.29) is 5.91 Å². The maximum atomic E-state index is 12.5. The summed E-state index contributed by atoms with van der Waals surface area (Å²) in [7, 11) is 0. The van der Waals surface area contributed by atoms with Gasteiger partial charge in [-0.3, -0.25) is 14.5 Å². The van der Waals surface area contributed by atoms with Crippen LogP contribution in [0, 0.1) is 4.77 Å². The third-order valence-electron chi connectivity index (χ3n) is 3.52. The highest BCUT2D eigenvalue weighted by atomic mass is 32.1. The fraction of sp³-hybridized carbons (Fsp3) is 0.188.